The zero-order valence-corrected chi connectivity index (χ0v) is 14.9. The molecule has 1 aromatic rings. The highest BCUT2D eigenvalue weighted by Gasteiger charge is 2.58. The number of amides is 1. The average molecular weight is 355 g/mol. The van der Waals surface area contributed by atoms with Crippen LogP contribution in [-0.4, -0.2) is 59.8 Å². The van der Waals surface area contributed by atoms with Crippen LogP contribution in [0, 0.1) is 5.92 Å². The van der Waals surface area contributed by atoms with Crippen LogP contribution in [0.5, 0.6) is 11.5 Å². The summed E-state index contributed by atoms with van der Waals surface area (Å²) in [6.45, 7) is 3.38. The molecule has 6 nitrogen and oxygen atoms in total. The maximum Gasteiger partial charge on any atom is 0.242 e. The van der Waals surface area contributed by atoms with Crippen molar-refractivity contribution in [3.8, 4) is 11.5 Å². The van der Waals surface area contributed by atoms with Gasteiger partial charge in [-0.25, -0.2) is 0 Å². The smallest absolute Gasteiger partial charge is 0.242 e. The van der Waals surface area contributed by atoms with Gasteiger partial charge in [-0.2, -0.15) is 0 Å². The Bertz CT molecular complexity index is 770. The van der Waals surface area contributed by atoms with Crippen LogP contribution in [0.4, 0.5) is 0 Å². The molecular formula is C20H25N3O3. The summed E-state index contributed by atoms with van der Waals surface area (Å²) in [5.74, 6) is 2.78. The molecule has 1 aromatic carbocycles. The lowest BCUT2D eigenvalue weighted by molar-refractivity contribution is -0.138. The standard InChI is InChI=1S/C20H25N3O3/c21-20(5-6-20)19(24)23-10-14(13-1-2-15-16(9-13)26-11-25-15)18-17(23)12-3-7-22(18)8-4-12/h1-2,9,12,14,17-18H,3-8,10-11,21H2/t14-,17-,18-/m1/s1. The predicted molar refractivity (Wildman–Crippen MR) is 95.0 cm³/mol. The van der Waals surface area contributed by atoms with Gasteiger partial charge in [0.05, 0.1) is 11.6 Å². The molecule has 6 heteroatoms. The van der Waals surface area contributed by atoms with E-state index in [-0.39, 0.29) is 5.91 Å². The topological polar surface area (TPSA) is 68.0 Å². The molecule has 1 amide bonds. The van der Waals surface area contributed by atoms with E-state index < -0.39 is 5.54 Å². The summed E-state index contributed by atoms with van der Waals surface area (Å²) in [5.41, 5.74) is 6.98. The highest BCUT2D eigenvalue weighted by atomic mass is 16.7. The van der Waals surface area contributed by atoms with Crippen LogP contribution in [0.25, 0.3) is 0 Å². The van der Waals surface area contributed by atoms with Gasteiger partial charge in [-0.1, -0.05) is 6.07 Å². The maximum atomic E-state index is 13.2. The van der Waals surface area contributed by atoms with Gasteiger partial charge in [-0.05, 0) is 62.4 Å². The predicted octanol–water partition coefficient (Wildman–Crippen LogP) is 1.30. The molecule has 1 aliphatic carbocycles. The Morgan fingerprint density at radius 3 is 2.65 bits per heavy atom. The second kappa shape index (κ2) is 5.14. The highest BCUT2D eigenvalue weighted by molar-refractivity contribution is 5.90. The largest absolute Gasteiger partial charge is 0.454 e. The summed E-state index contributed by atoms with van der Waals surface area (Å²) in [5, 5.41) is 0. The fourth-order valence-corrected chi connectivity index (χ4v) is 5.73. The van der Waals surface area contributed by atoms with E-state index in [1.807, 2.05) is 6.07 Å². The van der Waals surface area contributed by atoms with Crippen molar-refractivity contribution in [1.82, 2.24) is 9.80 Å². The minimum Gasteiger partial charge on any atom is -0.454 e. The third-order valence-corrected chi connectivity index (χ3v) is 7.29. The second-order valence-corrected chi connectivity index (χ2v) is 8.69. The summed E-state index contributed by atoms with van der Waals surface area (Å²) in [6, 6.07) is 7.02. The number of carbonyl (C=O) groups is 1. The number of benzene rings is 1. The third-order valence-electron chi connectivity index (χ3n) is 7.29. The van der Waals surface area contributed by atoms with Crippen LogP contribution >= 0.6 is 0 Å². The van der Waals surface area contributed by atoms with Crippen LogP contribution in [0.2, 0.25) is 0 Å². The van der Waals surface area contributed by atoms with Crippen LogP contribution in [-0.2, 0) is 4.79 Å². The molecule has 0 unspecified atom stereocenters. The van der Waals surface area contributed by atoms with Gasteiger partial charge in [-0.15, -0.1) is 0 Å². The van der Waals surface area contributed by atoms with E-state index in [1.165, 1.54) is 18.4 Å². The minimum absolute atomic E-state index is 0.185. The van der Waals surface area contributed by atoms with Gasteiger partial charge in [0.2, 0.25) is 12.7 Å². The molecule has 0 radical (unpaired) electrons. The number of nitrogens with zero attached hydrogens (tertiary/aromatic N) is 2. The lowest BCUT2D eigenvalue weighted by Crippen LogP contribution is -2.62. The molecule has 2 bridgehead atoms. The van der Waals surface area contributed by atoms with Crippen molar-refractivity contribution in [2.75, 3.05) is 26.4 Å². The number of hydrogen-bond acceptors (Lipinski definition) is 5. The molecule has 4 saturated heterocycles. The molecule has 26 heavy (non-hydrogen) atoms. The molecule has 5 fully saturated rings. The summed E-state index contributed by atoms with van der Waals surface area (Å²) in [7, 11) is 0. The van der Waals surface area contributed by atoms with Crippen LogP contribution in [0.3, 0.4) is 0 Å². The molecule has 1 saturated carbocycles. The quantitative estimate of drug-likeness (QED) is 0.866. The number of piperidine rings is 3. The number of carbonyl (C=O) groups excluding carboxylic acids is 1. The molecule has 5 aliphatic heterocycles. The first kappa shape index (κ1) is 15.3. The van der Waals surface area contributed by atoms with Crippen LogP contribution in [0.1, 0.15) is 37.2 Å². The van der Waals surface area contributed by atoms with E-state index in [2.05, 4.69) is 21.9 Å². The van der Waals surface area contributed by atoms with E-state index in [0.29, 0.717) is 30.7 Å². The Balaban J connectivity index is 1.39. The Labute approximate surface area is 153 Å². The van der Waals surface area contributed by atoms with Crippen molar-refractivity contribution in [2.45, 2.75) is 49.2 Å². The minimum atomic E-state index is -0.583. The van der Waals surface area contributed by atoms with Gasteiger partial charge in [0.25, 0.3) is 0 Å². The van der Waals surface area contributed by atoms with E-state index in [4.69, 9.17) is 15.2 Å². The first-order valence-corrected chi connectivity index (χ1v) is 9.88. The summed E-state index contributed by atoms with van der Waals surface area (Å²) in [6.07, 6.45) is 4.08. The maximum absolute atomic E-state index is 13.2. The molecule has 6 aliphatic rings. The average Bonchev–Trinajstić information content (AvgIpc) is 3.11. The number of rotatable bonds is 2. The second-order valence-electron chi connectivity index (χ2n) is 8.69. The fourth-order valence-electron chi connectivity index (χ4n) is 5.73. The summed E-state index contributed by atoms with van der Waals surface area (Å²) < 4.78 is 11.1. The highest BCUT2D eigenvalue weighted by Crippen LogP contribution is 2.49. The van der Waals surface area contributed by atoms with Gasteiger partial charge >= 0.3 is 0 Å². The zero-order chi connectivity index (χ0) is 17.5. The van der Waals surface area contributed by atoms with Crippen LogP contribution < -0.4 is 15.2 Å². The Morgan fingerprint density at radius 1 is 1.12 bits per heavy atom. The fraction of sp³-hybridized carbons (Fsp3) is 0.650. The molecule has 138 valence electrons. The van der Waals surface area contributed by atoms with Crippen molar-refractivity contribution in [3.63, 3.8) is 0 Å². The van der Waals surface area contributed by atoms with E-state index >= 15 is 0 Å². The van der Waals surface area contributed by atoms with Crippen molar-refractivity contribution >= 4 is 5.91 Å². The van der Waals surface area contributed by atoms with E-state index in [1.54, 1.807) is 0 Å². The first-order valence-electron chi connectivity index (χ1n) is 9.88. The number of hydrogen-bond donors (Lipinski definition) is 1. The Kier molecular flexibility index (Phi) is 3.02. The Morgan fingerprint density at radius 2 is 1.88 bits per heavy atom. The zero-order valence-electron chi connectivity index (χ0n) is 14.9. The van der Waals surface area contributed by atoms with Gasteiger partial charge < -0.3 is 20.1 Å². The van der Waals surface area contributed by atoms with Gasteiger partial charge in [-0.3, -0.25) is 9.69 Å². The lowest BCUT2D eigenvalue weighted by Gasteiger charge is -2.51. The van der Waals surface area contributed by atoms with Crippen LogP contribution in [0.15, 0.2) is 18.2 Å². The molecular weight excluding hydrogens is 330 g/mol. The normalized spacial score (nSPS) is 38.3. The van der Waals surface area contributed by atoms with E-state index in [0.717, 1.165) is 44.0 Å². The van der Waals surface area contributed by atoms with Crippen molar-refractivity contribution < 1.29 is 14.3 Å². The third kappa shape index (κ3) is 2.03. The number of fused-ring (bicyclic) bond motifs is 3. The summed E-state index contributed by atoms with van der Waals surface area (Å²) >= 11 is 0. The number of ether oxygens (including phenoxy) is 2. The Hall–Kier alpha value is -1.79. The molecule has 0 spiro atoms. The van der Waals surface area contributed by atoms with Gasteiger partial charge in [0.1, 0.15) is 0 Å². The molecule has 2 N–H and O–H groups in total. The SMILES string of the molecule is NC1(C(=O)N2C[C@H](c3ccc4c(c3)OCO4)[C@@H]3[C@H]2C2CCN3CC2)CC1. The number of nitrogens with two attached hydrogens (primary N) is 1. The summed E-state index contributed by atoms with van der Waals surface area (Å²) in [4.78, 5) is 17.9. The van der Waals surface area contributed by atoms with Crippen molar-refractivity contribution in [1.29, 1.82) is 0 Å². The van der Waals surface area contributed by atoms with Crippen molar-refractivity contribution in [3.05, 3.63) is 23.8 Å². The first-order chi connectivity index (χ1) is 12.6. The van der Waals surface area contributed by atoms with E-state index in [9.17, 15) is 4.79 Å². The molecule has 5 heterocycles. The van der Waals surface area contributed by atoms with Gasteiger partial charge in [0.15, 0.2) is 11.5 Å². The van der Waals surface area contributed by atoms with Gasteiger partial charge in [0, 0.05) is 18.5 Å². The lowest BCUT2D eigenvalue weighted by atomic mass is 9.75. The molecule has 3 atom stereocenters. The molecule has 0 aromatic heterocycles. The number of likely N-dealkylation sites (tertiary alicyclic amines) is 1. The van der Waals surface area contributed by atoms with Crippen molar-refractivity contribution in [2.24, 2.45) is 11.7 Å². The monoisotopic (exact) mass is 355 g/mol. The molecule has 7 rings (SSSR count).